The van der Waals surface area contributed by atoms with Crippen molar-refractivity contribution in [3.05, 3.63) is 12.2 Å². The zero-order valence-electron chi connectivity index (χ0n) is 9.16. The van der Waals surface area contributed by atoms with Gasteiger partial charge in [-0.3, -0.25) is 0 Å². The van der Waals surface area contributed by atoms with E-state index in [1.54, 1.807) is 13.8 Å². The van der Waals surface area contributed by atoms with Crippen molar-refractivity contribution in [2.75, 3.05) is 0 Å². The molecule has 3 unspecified atom stereocenters. The van der Waals surface area contributed by atoms with Crippen LogP contribution in [0.5, 0.6) is 0 Å². The lowest BCUT2D eigenvalue weighted by Gasteiger charge is -2.20. The van der Waals surface area contributed by atoms with Gasteiger partial charge in [0.15, 0.2) is 0 Å². The molecule has 1 fully saturated rings. The summed E-state index contributed by atoms with van der Waals surface area (Å²) >= 11 is 6.04. The summed E-state index contributed by atoms with van der Waals surface area (Å²) in [6.45, 7) is 6.80. The number of rotatable bonds is 4. The van der Waals surface area contributed by atoms with Crippen LogP contribution in [0.15, 0.2) is 12.2 Å². The maximum atomic E-state index is 11.2. The summed E-state index contributed by atoms with van der Waals surface area (Å²) in [6, 6.07) is 0. The Hall–Kier alpha value is -0.540. The summed E-state index contributed by atoms with van der Waals surface area (Å²) in [6.07, 6.45) is 2.41. The van der Waals surface area contributed by atoms with E-state index in [4.69, 9.17) is 21.1 Å². The molecule has 1 saturated carbocycles. The molecule has 0 amide bonds. The van der Waals surface area contributed by atoms with Crippen molar-refractivity contribution in [1.82, 2.24) is 0 Å². The van der Waals surface area contributed by atoms with Crippen LogP contribution in [0.2, 0.25) is 0 Å². The monoisotopic (exact) mass is 232 g/mol. The van der Waals surface area contributed by atoms with Crippen LogP contribution in [-0.4, -0.2) is 23.7 Å². The van der Waals surface area contributed by atoms with Crippen molar-refractivity contribution in [3.8, 4) is 0 Å². The Morgan fingerprint density at radius 2 is 2.20 bits per heavy atom. The number of ether oxygens (including phenoxy) is 2. The third kappa shape index (κ3) is 3.84. The molecule has 0 radical (unpaired) electrons. The van der Waals surface area contributed by atoms with Crippen molar-refractivity contribution < 1.29 is 14.3 Å². The molecule has 15 heavy (non-hydrogen) atoms. The number of carbonyl (C=O) groups is 1. The lowest BCUT2D eigenvalue weighted by atomic mass is 10.3. The van der Waals surface area contributed by atoms with E-state index in [2.05, 4.69) is 6.58 Å². The molecule has 3 atom stereocenters. The molecule has 0 saturated heterocycles. The predicted molar refractivity (Wildman–Crippen MR) is 58.7 cm³/mol. The van der Waals surface area contributed by atoms with Gasteiger partial charge in [-0.1, -0.05) is 6.58 Å². The van der Waals surface area contributed by atoms with Gasteiger partial charge in [0.1, 0.15) is 0 Å². The maximum absolute atomic E-state index is 11.2. The number of esters is 1. The Morgan fingerprint density at radius 1 is 1.53 bits per heavy atom. The molecule has 0 bridgehead atoms. The quantitative estimate of drug-likeness (QED) is 0.324. The minimum absolute atomic E-state index is 0.000381. The Bertz CT molecular complexity index is 252. The lowest BCUT2D eigenvalue weighted by molar-refractivity contribution is -0.179. The number of halogens is 1. The van der Waals surface area contributed by atoms with Crippen LogP contribution in [0.3, 0.4) is 0 Å². The average molecular weight is 233 g/mol. The smallest absolute Gasteiger partial charge is 0.335 e. The van der Waals surface area contributed by atoms with Crippen LogP contribution < -0.4 is 0 Å². The van der Waals surface area contributed by atoms with E-state index >= 15 is 0 Å². The molecule has 1 aliphatic rings. The van der Waals surface area contributed by atoms with Gasteiger partial charge in [0, 0.05) is 5.57 Å². The topological polar surface area (TPSA) is 35.5 Å². The first kappa shape index (κ1) is 12.5. The fourth-order valence-electron chi connectivity index (χ4n) is 1.56. The van der Waals surface area contributed by atoms with Gasteiger partial charge in [0.2, 0.25) is 6.29 Å². The molecule has 1 rings (SSSR count). The molecule has 0 spiro atoms. The molecule has 3 nitrogen and oxygen atoms in total. The normalized spacial score (nSPS) is 27.4. The predicted octanol–water partition coefficient (Wildman–Crippen LogP) is 2.63. The van der Waals surface area contributed by atoms with Crippen LogP contribution in [0.4, 0.5) is 0 Å². The van der Waals surface area contributed by atoms with Crippen molar-refractivity contribution >= 4 is 17.6 Å². The highest BCUT2D eigenvalue weighted by Crippen LogP contribution is 2.27. The van der Waals surface area contributed by atoms with Crippen molar-refractivity contribution in [3.63, 3.8) is 0 Å². The molecule has 0 aromatic heterocycles. The van der Waals surface area contributed by atoms with Crippen LogP contribution in [-0.2, 0) is 14.3 Å². The zero-order valence-corrected chi connectivity index (χ0v) is 9.92. The molecule has 4 heteroatoms. The molecule has 1 aliphatic carbocycles. The van der Waals surface area contributed by atoms with Crippen molar-refractivity contribution in [1.29, 1.82) is 0 Å². The lowest BCUT2D eigenvalue weighted by Crippen LogP contribution is -2.27. The summed E-state index contributed by atoms with van der Waals surface area (Å²) in [4.78, 5) is 11.2. The van der Waals surface area contributed by atoms with E-state index in [1.807, 2.05) is 0 Å². The van der Waals surface area contributed by atoms with E-state index in [9.17, 15) is 4.79 Å². The van der Waals surface area contributed by atoms with Crippen molar-refractivity contribution in [2.45, 2.75) is 50.9 Å². The van der Waals surface area contributed by atoms with Gasteiger partial charge in [-0.05, 0) is 33.1 Å². The van der Waals surface area contributed by atoms with E-state index < -0.39 is 12.3 Å². The van der Waals surface area contributed by atoms with Crippen LogP contribution >= 0.6 is 11.6 Å². The third-order valence-electron chi connectivity index (χ3n) is 2.36. The maximum Gasteiger partial charge on any atom is 0.335 e. The second-order valence-electron chi connectivity index (χ2n) is 3.87. The van der Waals surface area contributed by atoms with Gasteiger partial charge >= 0.3 is 5.97 Å². The fraction of sp³-hybridized carbons (Fsp3) is 0.727. The SMILES string of the molecule is C=C(C)C(=O)OC(C)OC1CCCC1Cl. The van der Waals surface area contributed by atoms with E-state index in [0.717, 1.165) is 19.3 Å². The highest BCUT2D eigenvalue weighted by Gasteiger charge is 2.28. The zero-order chi connectivity index (χ0) is 11.4. The molecule has 0 aromatic rings. The first-order chi connectivity index (χ1) is 7.00. The van der Waals surface area contributed by atoms with Gasteiger partial charge in [0.25, 0.3) is 0 Å². The number of alkyl halides is 1. The fourth-order valence-corrected chi connectivity index (χ4v) is 1.90. The first-order valence-electron chi connectivity index (χ1n) is 5.16. The Morgan fingerprint density at radius 3 is 2.67 bits per heavy atom. The first-order valence-corrected chi connectivity index (χ1v) is 5.60. The summed E-state index contributed by atoms with van der Waals surface area (Å²) < 4.78 is 10.5. The molecule has 0 aliphatic heterocycles. The molecular formula is C11H17ClO3. The van der Waals surface area contributed by atoms with Gasteiger partial charge in [-0.25, -0.2) is 4.79 Å². The second-order valence-corrected chi connectivity index (χ2v) is 4.44. The van der Waals surface area contributed by atoms with Crippen LogP contribution in [0.1, 0.15) is 33.1 Å². The van der Waals surface area contributed by atoms with Gasteiger partial charge < -0.3 is 9.47 Å². The standard InChI is InChI=1S/C11H17ClO3/c1-7(2)11(13)15-8(3)14-10-6-4-5-9(10)12/h8-10H,1,4-6H2,2-3H3. The van der Waals surface area contributed by atoms with Crippen LogP contribution in [0, 0.1) is 0 Å². The molecule has 86 valence electrons. The third-order valence-corrected chi connectivity index (χ3v) is 2.86. The summed E-state index contributed by atoms with van der Waals surface area (Å²) in [5.74, 6) is -0.424. The highest BCUT2D eigenvalue weighted by atomic mass is 35.5. The minimum Gasteiger partial charge on any atom is -0.433 e. The molecule has 0 N–H and O–H groups in total. The van der Waals surface area contributed by atoms with Gasteiger partial charge in [-0.2, -0.15) is 0 Å². The Balaban J connectivity index is 2.32. The number of hydrogen-bond donors (Lipinski definition) is 0. The summed E-state index contributed by atoms with van der Waals surface area (Å²) in [5.41, 5.74) is 0.374. The Kier molecular flexibility index (Phi) is 4.61. The molecular weight excluding hydrogens is 216 g/mol. The van der Waals surface area contributed by atoms with Gasteiger partial charge in [0.05, 0.1) is 11.5 Å². The summed E-state index contributed by atoms with van der Waals surface area (Å²) in [7, 11) is 0. The van der Waals surface area contributed by atoms with E-state index in [0.29, 0.717) is 5.57 Å². The largest absolute Gasteiger partial charge is 0.433 e. The summed E-state index contributed by atoms with van der Waals surface area (Å²) in [5, 5.41) is 0.0379. The van der Waals surface area contributed by atoms with E-state index in [1.165, 1.54) is 0 Å². The number of carbonyl (C=O) groups excluding carboxylic acids is 1. The van der Waals surface area contributed by atoms with Crippen LogP contribution in [0.25, 0.3) is 0 Å². The van der Waals surface area contributed by atoms with Crippen molar-refractivity contribution in [2.24, 2.45) is 0 Å². The van der Waals surface area contributed by atoms with E-state index in [-0.39, 0.29) is 11.5 Å². The average Bonchev–Trinajstić information content (AvgIpc) is 2.51. The Labute approximate surface area is 95.4 Å². The molecule has 0 aromatic carbocycles. The number of hydrogen-bond acceptors (Lipinski definition) is 3. The minimum atomic E-state index is -0.557. The highest BCUT2D eigenvalue weighted by molar-refractivity contribution is 6.21. The molecule has 0 heterocycles. The van der Waals surface area contributed by atoms with Gasteiger partial charge in [-0.15, -0.1) is 11.6 Å². The second kappa shape index (κ2) is 5.52.